The Morgan fingerprint density at radius 3 is 2.50 bits per heavy atom. The maximum absolute atomic E-state index is 13.1. The number of halogens is 2. The molecule has 1 nitrogen and oxygen atoms in total. The first-order valence-corrected chi connectivity index (χ1v) is 5.98. The van der Waals surface area contributed by atoms with Gasteiger partial charge in [0.05, 0.1) is 5.02 Å². The van der Waals surface area contributed by atoms with Crippen molar-refractivity contribution in [3.05, 3.63) is 70.0 Å². The third-order valence-electron chi connectivity index (χ3n) is 2.71. The molecule has 2 aromatic carbocycles. The zero-order valence-corrected chi connectivity index (χ0v) is 10.7. The van der Waals surface area contributed by atoms with Gasteiger partial charge in [-0.15, -0.1) is 0 Å². The van der Waals surface area contributed by atoms with E-state index in [1.165, 1.54) is 18.2 Å². The van der Waals surface area contributed by atoms with Gasteiger partial charge in [0.25, 0.3) is 0 Å². The second kappa shape index (κ2) is 5.32. The van der Waals surface area contributed by atoms with Crippen LogP contribution in [0.5, 0.6) is 0 Å². The summed E-state index contributed by atoms with van der Waals surface area (Å²) in [6.45, 7) is 1.98. The second-order valence-corrected chi connectivity index (χ2v) is 4.62. The Kier molecular flexibility index (Phi) is 3.78. The first kappa shape index (κ1) is 12.8. The van der Waals surface area contributed by atoms with Gasteiger partial charge in [0.2, 0.25) is 0 Å². The smallest absolute Gasteiger partial charge is 0.168 e. The first-order valence-electron chi connectivity index (χ1n) is 5.60. The van der Waals surface area contributed by atoms with Crippen molar-refractivity contribution in [1.29, 1.82) is 0 Å². The molecule has 0 fully saturated rings. The lowest BCUT2D eigenvalue weighted by Gasteiger charge is -2.04. The molecule has 0 aliphatic carbocycles. The van der Waals surface area contributed by atoms with Gasteiger partial charge in [-0.05, 0) is 30.7 Å². The summed E-state index contributed by atoms with van der Waals surface area (Å²) in [6.07, 6.45) is 0.226. The third kappa shape index (κ3) is 2.96. The van der Waals surface area contributed by atoms with Gasteiger partial charge in [-0.2, -0.15) is 0 Å². The van der Waals surface area contributed by atoms with Crippen LogP contribution in [0.4, 0.5) is 4.39 Å². The van der Waals surface area contributed by atoms with Crippen LogP contribution in [0.2, 0.25) is 5.02 Å². The summed E-state index contributed by atoms with van der Waals surface area (Å²) >= 11 is 5.90. The van der Waals surface area contributed by atoms with E-state index in [1.54, 1.807) is 0 Å². The van der Waals surface area contributed by atoms with Crippen molar-refractivity contribution in [1.82, 2.24) is 0 Å². The molecule has 2 aromatic rings. The molecule has 0 aromatic heterocycles. The minimum Gasteiger partial charge on any atom is -0.294 e. The zero-order chi connectivity index (χ0) is 13.1. The van der Waals surface area contributed by atoms with E-state index in [0.717, 1.165) is 11.1 Å². The van der Waals surface area contributed by atoms with Crippen molar-refractivity contribution in [3.8, 4) is 0 Å². The van der Waals surface area contributed by atoms with Crippen LogP contribution in [-0.4, -0.2) is 5.78 Å². The monoisotopic (exact) mass is 262 g/mol. The Bertz CT molecular complexity index is 576. The van der Waals surface area contributed by atoms with E-state index in [-0.39, 0.29) is 22.8 Å². The van der Waals surface area contributed by atoms with Crippen LogP contribution >= 0.6 is 11.6 Å². The predicted molar refractivity (Wildman–Crippen MR) is 70.6 cm³/mol. The van der Waals surface area contributed by atoms with Crippen molar-refractivity contribution < 1.29 is 9.18 Å². The maximum atomic E-state index is 13.1. The average molecular weight is 263 g/mol. The van der Waals surface area contributed by atoms with E-state index in [4.69, 9.17) is 11.6 Å². The molecule has 0 bridgehead atoms. The van der Waals surface area contributed by atoms with Crippen molar-refractivity contribution in [2.75, 3.05) is 0 Å². The third-order valence-corrected chi connectivity index (χ3v) is 3.04. The van der Waals surface area contributed by atoms with Crippen molar-refractivity contribution in [3.63, 3.8) is 0 Å². The van der Waals surface area contributed by atoms with Crippen LogP contribution in [-0.2, 0) is 6.42 Å². The van der Waals surface area contributed by atoms with Crippen LogP contribution in [0.15, 0.2) is 42.5 Å². The number of carbonyl (C=O) groups excluding carboxylic acids is 1. The molecule has 0 saturated carbocycles. The SMILES string of the molecule is Cc1ccc(CC(=O)c2cc(F)ccc2Cl)cc1. The molecule has 0 aliphatic rings. The molecule has 0 atom stereocenters. The Balaban J connectivity index is 2.21. The summed E-state index contributed by atoms with van der Waals surface area (Å²) < 4.78 is 13.1. The number of benzene rings is 2. The van der Waals surface area contributed by atoms with E-state index in [2.05, 4.69) is 0 Å². The standard InChI is InChI=1S/C15H12ClFO/c1-10-2-4-11(5-3-10)8-15(18)13-9-12(17)6-7-14(13)16/h2-7,9H,8H2,1H3. The normalized spacial score (nSPS) is 10.4. The average Bonchev–Trinajstić information content (AvgIpc) is 2.35. The van der Waals surface area contributed by atoms with Crippen molar-refractivity contribution in [2.45, 2.75) is 13.3 Å². The molecular formula is C15H12ClFO. The van der Waals surface area contributed by atoms with Crippen LogP contribution in [0, 0.1) is 12.7 Å². The predicted octanol–water partition coefficient (Wildman–Crippen LogP) is 4.21. The number of ketones is 1. The van der Waals surface area contributed by atoms with E-state index >= 15 is 0 Å². The molecule has 0 radical (unpaired) electrons. The highest BCUT2D eigenvalue weighted by atomic mass is 35.5. The maximum Gasteiger partial charge on any atom is 0.168 e. The number of carbonyl (C=O) groups is 1. The molecule has 92 valence electrons. The summed E-state index contributed by atoms with van der Waals surface area (Å²) in [6, 6.07) is 11.5. The molecule has 0 unspecified atom stereocenters. The molecule has 0 spiro atoms. The van der Waals surface area contributed by atoms with Crippen molar-refractivity contribution >= 4 is 17.4 Å². The molecule has 0 heterocycles. The number of rotatable bonds is 3. The van der Waals surface area contributed by atoms with Gasteiger partial charge in [-0.25, -0.2) is 4.39 Å². The fourth-order valence-corrected chi connectivity index (χ4v) is 1.92. The van der Waals surface area contributed by atoms with E-state index in [1.807, 2.05) is 31.2 Å². The van der Waals surface area contributed by atoms with Gasteiger partial charge in [-0.1, -0.05) is 41.4 Å². The lowest BCUT2D eigenvalue weighted by Crippen LogP contribution is -2.04. The lowest BCUT2D eigenvalue weighted by molar-refractivity contribution is 0.0992. The van der Waals surface area contributed by atoms with Crippen LogP contribution < -0.4 is 0 Å². The molecular weight excluding hydrogens is 251 g/mol. The molecule has 3 heteroatoms. The molecule has 0 aliphatic heterocycles. The second-order valence-electron chi connectivity index (χ2n) is 4.21. The van der Waals surface area contributed by atoms with Gasteiger partial charge >= 0.3 is 0 Å². The van der Waals surface area contributed by atoms with Gasteiger partial charge in [0.15, 0.2) is 5.78 Å². The fourth-order valence-electron chi connectivity index (χ4n) is 1.70. The summed E-state index contributed by atoms with van der Waals surface area (Å²) in [5.41, 5.74) is 2.26. The zero-order valence-electron chi connectivity index (χ0n) is 9.91. The highest BCUT2D eigenvalue weighted by Gasteiger charge is 2.12. The highest BCUT2D eigenvalue weighted by molar-refractivity contribution is 6.34. The Hall–Kier alpha value is -1.67. The molecule has 18 heavy (non-hydrogen) atoms. The number of Topliss-reactive ketones (excluding diaryl/α,β-unsaturated/α-hetero) is 1. The Labute approximate surface area is 110 Å². The fraction of sp³-hybridized carbons (Fsp3) is 0.133. The molecule has 0 saturated heterocycles. The largest absolute Gasteiger partial charge is 0.294 e. The first-order chi connectivity index (χ1) is 8.56. The molecule has 0 amide bonds. The van der Waals surface area contributed by atoms with E-state index in [0.29, 0.717) is 0 Å². The number of hydrogen-bond acceptors (Lipinski definition) is 1. The molecule has 2 rings (SSSR count). The summed E-state index contributed by atoms with van der Waals surface area (Å²) in [4.78, 5) is 12.0. The number of hydrogen-bond donors (Lipinski definition) is 0. The summed E-state index contributed by atoms with van der Waals surface area (Å²) in [5, 5.41) is 0.286. The van der Waals surface area contributed by atoms with Crippen molar-refractivity contribution in [2.24, 2.45) is 0 Å². The topological polar surface area (TPSA) is 17.1 Å². The Morgan fingerprint density at radius 2 is 1.83 bits per heavy atom. The van der Waals surface area contributed by atoms with Gasteiger partial charge < -0.3 is 0 Å². The summed E-state index contributed by atoms with van der Waals surface area (Å²) in [5.74, 6) is -0.630. The number of aryl methyl sites for hydroxylation is 1. The van der Waals surface area contributed by atoms with Crippen LogP contribution in [0.1, 0.15) is 21.5 Å². The Morgan fingerprint density at radius 1 is 1.17 bits per heavy atom. The minimum absolute atomic E-state index is 0.177. The van der Waals surface area contributed by atoms with Gasteiger partial charge in [-0.3, -0.25) is 4.79 Å². The quantitative estimate of drug-likeness (QED) is 0.757. The minimum atomic E-state index is -0.452. The summed E-state index contributed by atoms with van der Waals surface area (Å²) in [7, 11) is 0. The highest BCUT2D eigenvalue weighted by Crippen LogP contribution is 2.19. The van der Waals surface area contributed by atoms with E-state index in [9.17, 15) is 9.18 Å². The molecule has 0 N–H and O–H groups in total. The van der Waals surface area contributed by atoms with Gasteiger partial charge in [0.1, 0.15) is 5.82 Å². The van der Waals surface area contributed by atoms with Gasteiger partial charge in [0, 0.05) is 12.0 Å². The van der Waals surface area contributed by atoms with E-state index < -0.39 is 5.82 Å². The van der Waals surface area contributed by atoms with Crippen LogP contribution in [0.3, 0.4) is 0 Å². The lowest BCUT2D eigenvalue weighted by atomic mass is 10.0. The van der Waals surface area contributed by atoms with Crippen LogP contribution in [0.25, 0.3) is 0 Å².